The van der Waals surface area contributed by atoms with E-state index in [4.69, 9.17) is 0 Å². The lowest BCUT2D eigenvalue weighted by molar-refractivity contribution is 0.374. The van der Waals surface area contributed by atoms with E-state index in [0.717, 1.165) is 49.9 Å². The van der Waals surface area contributed by atoms with Gasteiger partial charge in [0.05, 0.1) is 0 Å². The molecule has 160 valence electrons. The van der Waals surface area contributed by atoms with Crippen LogP contribution in [0.3, 0.4) is 0 Å². The summed E-state index contributed by atoms with van der Waals surface area (Å²) in [5.74, 6) is 1.56. The first-order valence-corrected chi connectivity index (χ1v) is 10.5. The van der Waals surface area contributed by atoms with Crippen LogP contribution in [0.1, 0.15) is 59.4 Å². The van der Waals surface area contributed by atoms with Crippen molar-refractivity contribution in [2.45, 2.75) is 52.0 Å². The second-order valence-electron chi connectivity index (χ2n) is 8.60. The Bertz CT molecular complexity index is 730. The lowest BCUT2D eigenvalue weighted by atomic mass is 9.75. The van der Waals surface area contributed by atoms with Crippen molar-refractivity contribution in [2.75, 3.05) is 34.7 Å². The quantitative estimate of drug-likeness (QED) is 0.579. The number of aliphatic hydroxyl groups is 1. The second-order valence-corrected chi connectivity index (χ2v) is 8.60. The molecule has 28 heavy (non-hydrogen) atoms. The molecule has 2 rings (SSSR count). The number of allylic oxidation sites excluding steroid dienone is 2. The molecular weight excluding hydrogens is 348 g/mol. The molecule has 0 fully saturated rings. The van der Waals surface area contributed by atoms with E-state index in [1.54, 1.807) is 0 Å². The van der Waals surface area contributed by atoms with Gasteiger partial charge in [-0.25, -0.2) is 0 Å². The predicted octanol–water partition coefficient (Wildman–Crippen LogP) is 5.56. The lowest BCUT2D eigenvalue weighted by Gasteiger charge is -2.31. The molecule has 0 saturated heterocycles. The van der Waals surface area contributed by atoms with Crippen LogP contribution in [0.4, 0.5) is 0 Å². The minimum Gasteiger partial charge on any atom is -0.508 e. The van der Waals surface area contributed by atoms with E-state index in [0.29, 0.717) is 23.3 Å². The van der Waals surface area contributed by atoms with Crippen LogP contribution in [-0.4, -0.2) is 54.7 Å². The average molecular weight is 391 g/mol. The van der Waals surface area contributed by atoms with Gasteiger partial charge in [0.25, 0.3) is 0 Å². The highest BCUT2D eigenvalue weighted by Crippen LogP contribution is 2.41. The highest BCUT2D eigenvalue weighted by Gasteiger charge is 2.27. The zero-order chi connectivity index (χ0) is 20.8. The molecule has 2 atom stereocenters. The number of rotatable bonds is 9. The van der Waals surface area contributed by atoms with Gasteiger partial charge >= 0.3 is 0 Å². The van der Waals surface area contributed by atoms with E-state index in [1.165, 1.54) is 11.1 Å². The molecule has 2 N–H and O–H groups in total. The van der Waals surface area contributed by atoms with E-state index in [2.05, 4.69) is 35.8 Å². The molecule has 0 bridgehead atoms. The molecule has 0 saturated carbocycles. The number of benzene rings is 1. The summed E-state index contributed by atoms with van der Waals surface area (Å²) in [4.78, 5) is 4.17. The minimum absolute atomic E-state index is 0. The van der Waals surface area contributed by atoms with E-state index in [-0.39, 0.29) is 2.85 Å². The summed E-state index contributed by atoms with van der Waals surface area (Å²) in [7, 11) is 8.09. The molecule has 4 nitrogen and oxygen atoms in total. The minimum atomic E-state index is 0. The number of hydrogen-bond acceptors (Lipinski definition) is 4. The molecule has 1 aliphatic carbocycles. The molecule has 0 aliphatic heterocycles. The zero-order valence-corrected chi connectivity index (χ0v) is 18.5. The maximum Gasteiger partial charge on any atom is 0.120 e. The zero-order valence-electron chi connectivity index (χ0n) is 18.5. The van der Waals surface area contributed by atoms with Crippen molar-refractivity contribution in [3.05, 3.63) is 52.3 Å². The van der Waals surface area contributed by atoms with E-state index < -0.39 is 0 Å². The molecule has 0 heterocycles. The fourth-order valence-corrected chi connectivity index (χ4v) is 4.45. The number of nitrogens with zero attached hydrogens (tertiary/aromatic N) is 2. The lowest BCUT2D eigenvalue weighted by Crippen LogP contribution is -2.21. The molecule has 1 aliphatic rings. The largest absolute Gasteiger partial charge is 0.508 e. The van der Waals surface area contributed by atoms with Crippen molar-refractivity contribution in [3.8, 4) is 5.75 Å². The summed E-state index contributed by atoms with van der Waals surface area (Å²) >= 11 is 0. The van der Waals surface area contributed by atoms with Gasteiger partial charge in [0, 0.05) is 21.5 Å². The third-order valence-corrected chi connectivity index (χ3v) is 5.77. The Hall–Kier alpha value is -1.78. The first kappa shape index (κ1) is 22.5. The molecular formula is C24H42N2O2. The van der Waals surface area contributed by atoms with E-state index in [1.807, 2.05) is 40.3 Å². The summed E-state index contributed by atoms with van der Waals surface area (Å²) in [5, 5.41) is 21.1. The Balaban J connectivity index is 0.00000420. The number of phenols is 1. The first-order valence-electron chi connectivity index (χ1n) is 10.5. The van der Waals surface area contributed by atoms with Crippen molar-refractivity contribution in [1.82, 2.24) is 9.80 Å². The standard InChI is InChI=1S/C24H38N2O2.2H2/c1-7-21(17-9-11-19(15-25(3)4)23(27)13-17)22(8-2)18-10-12-20(16-26(5)6)24(28)14-18;;/h9,11,13-14,21-22,27-28H,7-8,10,12,15-16H2,1-6H3;2*1H. The van der Waals surface area contributed by atoms with Gasteiger partial charge in [-0.3, -0.25) is 0 Å². The van der Waals surface area contributed by atoms with Crippen molar-refractivity contribution in [2.24, 2.45) is 5.92 Å². The summed E-state index contributed by atoms with van der Waals surface area (Å²) in [5.41, 5.74) is 4.62. The Morgan fingerprint density at radius 3 is 2.07 bits per heavy atom. The number of likely N-dealkylation sites (N-methyl/N-ethyl adjacent to an activating group) is 1. The third-order valence-electron chi connectivity index (χ3n) is 5.77. The highest BCUT2D eigenvalue weighted by atomic mass is 16.3. The first-order chi connectivity index (χ1) is 13.3. The Morgan fingerprint density at radius 2 is 1.57 bits per heavy atom. The van der Waals surface area contributed by atoms with Gasteiger partial charge in [-0.2, -0.15) is 0 Å². The Kier molecular flexibility index (Phi) is 8.14. The SMILES string of the molecule is CCC(C1=CC(O)=C(CN(C)C)CC1)C(CC)c1ccc(CN(C)C)c(O)c1.[HH].[HH]. The average Bonchev–Trinajstić information content (AvgIpc) is 2.62. The summed E-state index contributed by atoms with van der Waals surface area (Å²) < 4.78 is 0. The van der Waals surface area contributed by atoms with Crippen LogP contribution < -0.4 is 0 Å². The van der Waals surface area contributed by atoms with E-state index >= 15 is 0 Å². The summed E-state index contributed by atoms with van der Waals surface area (Å²) in [6.07, 6.45) is 5.99. The Labute approximate surface area is 174 Å². The molecule has 1 aromatic carbocycles. The van der Waals surface area contributed by atoms with Gasteiger partial charge in [-0.1, -0.05) is 31.6 Å². The third kappa shape index (κ3) is 5.62. The molecule has 0 radical (unpaired) electrons. The van der Waals surface area contributed by atoms with Gasteiger partial charge < -0.3 is 20.0 Å². The number of hydrogen-bond donors (Lipinski definition) is 2. The second kappa shape index (κ2) is 10.1. The number of aliphatic hydroxyl groups excluding tert-OH is 1. The van der Waals surface area contributed by atoms with E-state index in [9.17, 15) is 10.2 Å². The van der Waals surface area contributed by atoms with Crippen LogP contribution in [0.5, 0.6) is 5.75 Å². The van der Waals surface area contributed by atoms with Crippen molar-refractivity contribution in [1.29, 1.82) is 0 Å². The van der Waals surface area contributed by atoms with Crippen molar-refractivity contribution in [3.63, 3.8) is 0 Å². The van der Waals surface area contributed by atoms with Crippen molar-refractivity contribution >= 4 is 0 Å². The van der Waals surface area contributed by atoms with Crippen LogP contribution in [0, 0.1) is 5.92 Å². The van der Waals surface area contributed by atoms with Crippen LogP contribution >= 0.6 is 0 Å². The van der Waals surface area contributed by atoms with Gasteiger partial charge in [0.2, 0.25) is 0 Å². The van der Waals surface area contributed by atoms with Gasteiger partial charge in [-0.05, 0) is 89.0 Å². The molecule has 0 aromatic heterocycles. The summed E-state index contributed by atoms with van der Waals surface area (Å²) in [6, 6.07) is 6.18. The highest BCUT2D eigenvalue weighted by molar-refractivity contribution is 5.40. The van der Waals surface area contributed by atoms with Crippen LogP contribution in [-0.2, 0) is 6.54 Å². The molecule has 0 spiro atoms. The number of phenolic OH excluding ortho intramolecular Hbond substituents is 1. The van der Waals surface area contributed by atoms with Crippen LogP contribution in [0.2, 0.25) is 0 Å². The molecule has 2 unspecified atom stereocenters. The number of aromatic hydroxyl groups is 1. The summed E-state index contributed by atoms with van der Waals surface area (Å²) in [6.45, 7) is 5.99. The van der Waals surface area contributed by atoms with Gasteiger partial charge in [-0.15, -0.1) is 0 Å². The molecule has 4 heteroatoms. The van der Waals surface area contributed by atoms with Gasteiger partial charge in [0.15, 0.2) is 0 Å². The predicted molar refractivity (Wildman–Crippen MR) is 122 cm³/mol. The fraction of sp³-hybridized carbons (Fsp3) is 0.583. The topological polar surface area (TPSA) is 46.9 Å². The Morgan fingerprint density at radius 1 is 0.929 bits per heavy atom. The van der Waals surface area contributed by atoms with Crippen LogP contribution in [0.25, 0.3) is 0 Å². The van der Waals surface area contributed by atoms with Crippen molar-refractivity contribution < 1.29 is 13.1 Å². The smallest absolute Gasteiger partial charge is 0.120 e. The normalized spacial score (nSPS) is 17.2. The van der Waals surface area contributed by atoms with Gasteiger partial charge in [0.1, 0.15) is 11.5 Å². The monoisotopic (exact) mass is 390 g/mol. The fourth-order valence-electron chi connectivity index (χ4n) is 4.45. The maximum absolute atomic E-state index is 10.6. The molecule has 1 aromatic rings. The molecule has 0 amide bonds. The maximum atomic E-state index is 10.6. The van der Waals surface area contributed by atoms with Crippen LogP contribution in [0.15, 0.2) is 41.2 Å².